The van der Waals surface area contributed by atoms with Crippen LogP contribution in [0.5, 0.6) is 0 Å². The average molecular weight is 428 g/mol. The minimum atomic E-state index is -1.06. The SMILES string of the molecule is O=C(O[C@@H](CCl)C(=O)c1ccccc1)[C@@H]1[C@H]2C[C@H]3[C@H](OC(=O)[C@@H]31)[C@@H]2Br. The third-order valence-corrected chi connectivity index (χ3v) is 7.02. The topological polar surface area (TPSA) is 69.7 Å². The second-order valence-electron chi connectivity index (χ2n) is 6.77. The van der Waals surface area contributed by atoms with Crippen molar-refractivity contribution in [3.05, 3.63) is 35.9 Å². The molecular weight excluding hydrogens is 412 g/mol. The molecule has 5 nitrogen and oxygen atoms in total. The fourth-order valence-corrected chi connectivity index (χ4v) is 5.70. The molecule has 1 heterocycles. The monoisotopic (exact) mass is 426 g/mol. The van der Waals surface area contributed by atoms with E-state index in [0.29, 0.717) is 5.56 Å². The summed E-state index contributed by atoms with van der Waals surface area (Å²) in [6.07, 6.45) is -0.450. The van der Waals surface area contributed by atoms with Crippen LogP contribution in [0.3, 0.4) is 0 Å². The van der Waals surface area contributed by atoms with Crippen LogP contribution in [0.4, 0.5) is 0 Å². The predicted molar refractivity (Wildman–Crippen MR) is 92.5 cm³/mol. The van der Waals surface area contributed by atoms with Crippen molar-refractivity contribution < 1.29 is 23.9 Å². The summed E-state index contributed by atoms with van der Waals surface area (Å²) in [5.41, 5.74) is 0.438. The van der Waals surface area contributed by atoms with Crippen molar-refractivity contribution in [2.75, 3.05) is 5.88 Å². The standard InChI is InChI=1S/C18H16BrClO5/c19-14-9-6-10-13(18(23)25-16(10)14)12(9)17(22)24-11(7-20)15(21)8-4-2-1-3-5-8/h1-5,9-14,16H,6-7H2/t9-,10-,11+,12-,13+,14-,16+/m1/s1. The van der Waals surface area contributed by atoms with Gasteiger partial charge in [-0.15, -0.1) is 11.6 Å². The van der Waals surface area contributed by atoms with Gasteiger partial charge >= 0.3 is 11.9 Å². The second kappa shape index (κ2) is 6.40. The maximum absolute atomic E-state index is 12.8. The number of hydrogen-bond acceptors (Lipinski definition) is 5. The van der Waals surface area contributed by atoms with E-state index >= 15 is 0 Å². The zero-order chi connectivity index (χ0) is 17.7. The largest absolute Gasteiger partial charge is 0.461 e. The highest BCUT2D eigenvalue weighted by molar-refractivity contribution is 9.09. The van der Waals surface area contributed by atoms with Gasteiger partial charge < -0.3 is 9.47 Å². The molecular formula is C18H16BrClO5. The Balaban J connectivity index is 1.51. The first-order chi connectivity index (χ1) is 12.0. The van der Waals surface area contributed by atoms with Gasteiger partial charge in [0.2, 0.25) is 5.78 Å². The Morgan fingerprint density at radius 3 is 2.68 bits per heavy atom. The van der Waals surface area contributed by atoms with Gasteiger partial charge in [0.05, 0.1) is 22.5 Å². The lowest BCUT2D eigenvalue weighted by Crippen LogP contribution is -2.41. The molecule has 2 saturated carbocycles. The molecule has 0 N–H and O–H groups in total. The van der Waals surface area contributed by atoms with E-state index in [1.807, 2.05) is 0 Å². The Morgan fingerprint density at radius 2 is 2.00 bits per heavy atom. The summed E-state index contributed by atoms with van der Waals surface area (Å²) in [6.45, 7) is 0. The Labute approximate surface area is 158 Å². The first-order valence-electron chi connectivity index (χ1n) is 8.23. The molecule has 3 aliphatic rings. The van der Waals surface area contributed by atoms with Crippen LogP contribution in [-0.2, 0) is 19.1 Å². The molecule has 2 bridgehead atoms. The summed E-state index contributed by atoms with van der Waals surface area (Å²) in [6, 6.07) is 8.58. The molecule has 1 aromatic carbocycles. The molecule has 1 saturated heterocycles. The molecule has 25 heavy (non-hydrogen) atoms. The van der Waals surface area contributed by atoms with Crippen molar-refractivity contribution in [1.82, 2.24) is 0 Å². The number of rotatable bonds is 5. The van der Waals surface area contributed by atoms with Gasteiger partial charge in [0.25, 0.3) is 0 Å². The second-order valence-corrected chi connectivity index (χ2v) is 8.14. The number of alkyl halides is 2. The van der Waals surface area contributed by atoms with Crippen LogP contribution in [0.1, 0.15) is 16.8 Å². The molecule has 7 atom stereocenters. The fourth-order valence-electron chi connectivity index (χ4n) is 4.46. The molecule has 4 rings (SSSR count). The number of carbonyl (C=O) groups excluding carboxylic acids is 3. The van der Waals surface area contributed by atoms with Gasteiger partial charge in [-0.3, -0.25) is 14.4 Å². The van der Waals surface area contributed by atoms with Gasteiger partial charge in [-0.1, -0.05) is 46.3 Å². The number of hydrogen-bond donors (Lipinski definition) is 0. The lowest BCUT2D eigenvalue weighted by Gasteiger charge is -2.28. The number of fused-ring (bicyclic) bond motifs is 1. The van der Waals surface area contributed by atoms with Crippen LogP contribution in [0.15, 0.2) is 30.3 Å². The maximum atomic E-state index is 12.8. The zero-order valence-electron chi connectivity index (χ0n) is 13.1. The van der Waals surface area contributed by atoms with Crippen LogP contribution < -0.4 is 0 Å². The zero-order valence-corrected chi connectivity index (χ0v) is 15.5. The lowest BCUT2D eigenvalue weighted by molar-refractivity contribution is -0.157. The predicted octanol–water partition coefficient (Wildman–Crippen LogP) is 2.59. The number of ether oxygens (including phenoxy) is 2. The number of benzene rings is 1. The van der Waals surface area contributed by atoms with Crippen LogP contribution >= 0.6 is 27.5 Å². The van der Waals surface area contributed by atoms with Gasteiger partial charge in [-0.2, -0.15) is 0 Å². The van der Waals surface area contributed by atoms with Crippen LogP contribution in [0.2, 0.25) is 0 Å². The summed E-state index contributed by atoms with van der Waals surface area (Å²) in [4.78, 5) is 37.3. The number of esters is 2. The summed E-state index contributed by atoms with van der Waals surface area (Å²) < 4.78 is 10.8. The summed E-state index contributed by atoms with van der Waals surface area (Å²) in [5, 5.41) is 0. The molecule has 0 unspecified atom stereocenters. The van der Waals surface area contributed by atoms with Crippen LogP contribution in [0.25, 0.3) is 0 Å². The normalized spacial score (nSPS) is 36.2. The van der Waals surface area contributed by atoms with Gasteiger partial charge in [-0.05, 0) is 12.3 Å². The van der Waals surface area contributed by atoms with Crippen molar-refractivity contribution in [2.24, 2.45) is 23.7 Å². The molecule has 0 aromatic heterocycles. The molecule has 3 fully saturated rings. The van der Waals surface area contributed by atoms with Gasteiger partial charge in [0, 0.05) is 11.5 Å². The molecule has 0 radical (unpaired) electrons. The molecule has 1 aromatic rings. The smallest absolute Gasteiger partial charge is 0.310 e. The fraction of sp³-hybridized carbons (Fsp3) is 0.500. The summed E-state index contributed by atoms with van der Waals surface area (Å²) >= 11 is 9.43. The highest BCUT2D eigenvalue weighted by Gasteiger charge is 2.68. The number of Topliss-reactive ketones (excluding diaryl/α,β-unsaturated/α-hetero) is 1. The van der Waals surface area contributed by atoms with Crippen molar-refractivity contribution in [3.8, 4) is 0 Å². The Hall–Kier alpha value is -1.40. The third kappa shape index (κ3) is 2.61. The van der Waals surface area contributed by atoms with Gasteiger partial charge in [0.15, 0.2) is 6.10 Å². The lowest BCUT2D eigenvalue weighted by atomic mass is 9.80. The highest BCUT2D eigenvalue weighted by atomic mass is 79.9. The van der Waals surface area contributed by atoms with E-state index in [2.05, 4.69) is 15.9 Å². The van der Waals surface area contributed by atoms with E-state index in [1.165, 1.54) is 0 Å². The van der Waals surface area contributed by atoms with E-state index in [-0.39, 0.29) is 40.4 Å². The molecule has 2 aliphatic carbocycles. The van der Waals surface area contributed by atoms with Crippen molar-refractivity contribution in [1.29, 1.82) is 0 Å². The van der Waals surface area contributed by atoms with Crippen LogP contribution in [-0.4, -0.2) is 40.6 Å². The van der Waals surface area contributed by atoms with Crippen molar-refractivity contribution in [3.63, 3.8) is 0 Å². The Morgan fingerprint density at radius 1 is 1.28 bits per heavy atom. The van der Waals surface area contributed by atoms with E-state index in [0.717, 1.165) is 6.42 Å². The minimum absolute atomic E-state index is 0.0123. The highest BCUT2D eigenvalue weighted by Crippen LogP contribution is 2.60. The number of carbonyl (C=O) groups is 3. The molecule has 0 spiro atoms. The summed E-state index contributed by atoms with van der Waals surface area (Å²) in [7, 11) is 0. The first kappa shape index (κ1) is 17.0. The summed E-state index contributed by atoms with van der Waals surface area (Å²) in [5.74, 6) is -2.33. The quantitative estimate of drug-likeness (QED) is 0.410. The number of ketones is 1. The average Bonchev–Trinajstić information content (AvgIpc) is 3.24. The third-order valence-electron chi connectivity index (χ3n) is 5.54. The molecule has 7 heteroatoms. The van der Waals surface area contributed by atoms with E-state index in [4.69, 9.17) is 21.1 Å². The molecule has 0 amide bonds. The maximum Gasteiger partial charge on any atom is 0.310 e. The van der Waals surface area contributed by atoms with E-state index in [1.54, 1.807) is 30.3 Å². The van der Waals surface area contributed by atoms with Gasteiger partial charge in [-0.25, -0.2) is 0 Å². The molecule has 1 aliphatic heterocycles. The van der Waals surface area contributed by atoms with Gasteiger partial charge in [0.1, 0.15) is 6.10 Å². The Kier molecular flexibility index (Phi) is 4.36. The number of halogens is 2. The van der Waals surface area contributed by atoms with E-state index < -0.39 is 23.9 Å². The van der Waals surface area contributed by atoms with Crippen LogP contribution in [0, 0.1) is 23.7 Å². The minimum Gasteiger partial charge on any atom is -0.461 e. The van der Waals surface area contributed by atoms with Crippen molar-refractivity contribution in [2.45, 2.75) is 23.5 Å². The van der Waals surface area contributed by atoms with Crippen molar-refractivity contribution >= 4 is 45.3 Å². The van der Waals surface area contributed by atoms with E-state index in [9.17, 15) is 14.4 Å². The first-order valence-corrected chi connectivity index (χ1v) is 9.68. The Bertz CT molecular complexity index is 723. The molecule has 132 valence electrons.